The van der Waals surface area contributed by atoms with Crippen LogP contribution in [0.2, 0.25) is 0 Å². The number of aldehydes is 1. The van der Waals surface area contributed by atoms with Crippen molar-refractivity contribution >= 4 is 17.9 Å². The number of carbonyl (C=O) groups excluding carboxylic acids is 2. The van der Waals surface area contributed by atoms with Crippen molar-refractivity contribution < 1.29 is 14.3 Å². The standard InChI is InChI=1S/C18H25NO3/c1-13(2)12-22-17-9-8-14(11-20)10-16(17)19-18(21)15-6-4-3-5-7-15/h8-11,13,15H,3-7,12H2,1-2H3,(H,19,21). The number of nitrogens with one attached hydrogen (secondary N) is 1. The highest BCUT2D eigenvalue weighted by Crippen LogP contribution is 2.29. The molecule has 4 heteroatoms. The third-order valence-electron chi connectivity index (χ3n) is 3.95. The van der Waals surface area contributed by atoms with E-state index in [9.17, 15) is 9.59 Å². The van der Waals surface area contributed by atoms with Gasteiger partial charge in [-0.2, -0.15) is 0 Å². The molecule has 0 atom stereocenters. The minimum Gasteiger partial charge on any atom is -0.491 e. The number of carbonyl (C=O) groups is 2. The predicted molar refractivity (Wildman–Crippen MR) is 87.4 cm³/mol. The Morgan fingerprint density at radius 2 is 2.05 bits per heavy atom. The maximum atomic E-state index is 12.4. The highest BCUT2D eigenvalue weighted by atomic mass is 16.5. The Morgan fingerprint density at radius 3 is 2.68 bits per heavy atom. The van der Waals surface area contributed by atoms with Crippen LogP contribution in [0.4, 0.5) is 5.69 Å². The zero-order valence-corrected chi connectivity index (χ0v) is 13.4. The van der Waals surface area contributed by atoms with Crippen LogP contribution >= 0.6 is 0 Å². The molecule has 4 nitrogen and oxygen atoms in total. The first-order valence-corrected chi connectivity index (χ1v) is 8.13. The maximum Gasteiger partial charge on any atom is 0.227 e. The van der Waals surface area contributed by atoms with Gasteiger partial charge in [-0.15, -0.1) is 0 Å². The number of hydrogen-bond donors (Lipinski definition) is 1. The predicted octanol–water partition coefficient (Wildman–Crippen LogP) is 4.05. The summed E-state index contributed by atoms with van der Waals surface area (Å²) < 4.78 is 5.76. The van der Waals surface area contributed by atoms with Gasteiger partial charge < -0.3 is 10.1 Å². The van der Waals surface area contributed by atoms with E-state index in [0.717, 1.165) is 32.0 Å². The van der Waals surface area contributed by atoms with Crippen molar-refractivity contribution in [3.05, 3.63) is 23.8 Å². The second kappa shape index (κ2) is 7.97. The van der Waals surface area contributed by atoms with Gasteiger partial charge in [-0.3, -0.25) is 9.59 Å². The molecule has 1 aliphatic rings. The smallest absolute Gasteiger partial charge is 0.227 e. The minimum absolute atomic E-state index is 0.0390. The molecule has 0 aromatic heterocycles. The van der Waals surface area contributed by atoms with E-state index >= 15 is 0 Å². The molecule has 1 N–H and O–H groups in total. The van der Waals surface area contributed by atoms with Crippen molar-refractivity contribution in [2.75, 3.05) is 11.9 Å². The van der Waals surface area contributed by atoms with Gasteiger partial charge in [-0.1, -0.05) is 33.1 Å². The molecule has 22 heavy (non-hydrogen) atoms. The lowest BCUT2D eigenvalue weighted by molar-refractivity contribution is -0.120. The fraction of sp³-hybridized carbons (Fsp3) is 0.556. The van der Waals surface area contributed by atoms with E-state index < -0.39 is 0 Å². The van der Waals surface area contributed by atoms with E-state index in [0.29, 0.717) is 29.5 Å². The summed E-state index contributed by atoms with van der Waals surface area (Å²) in [6.45, 7) is 4.72. The molecule has 1 amide bonds. The summed E-state index contributed by atoms with van der Waals surface area (Å²) in [5, 5.41) is 2.96. The number of rotatable bonds is 6. The van der Waals surface area contributed by atoms with E-state index in [-0.39, 0.29) is 11.8 Å². The second-order valence-electron chi connectivity index (χ2n) is 6.40. The molecule has 1 aromatic carbocycles. The summed E-state index contributed by atoms with van der Waals surface area (Å²) in [6, 6.07) is 5.14. The van der Waals surface area contributed by atoms with Gasteiger partial charge in [-0.05, 0) is 37.0 Å². The van der Waals surface area contributed by atoms with Gasteiger partial charge in [0.15, 0.2) is 0 Å². The third kappa shape index (κ3) is 4.58. The minimum atomic E-state index is 0.0390. The highest BCUT2D eigenvalue weighted by Gasteiger charge is 2.22. The molecular formula is C18H25NO3. The first-order valence-electron chi connectivity index (χ1n) is 8.13. The number of amides is 1. The molecule has 0 spiro atoms. The Balaban J connectivity index is 2.11. The number of hydrogen-bond acceptors (Lipinski definition) is 3. The molecule has 0 saturated heterocycles. The fourth-order valence-corrected chi connectivity index (χ4v) is 2.70. The Kier molecular flexibility index (Phi) is 5.99. The molecule has 1 saturated carbocycles. The fourth-order valence-electron chi connectivity index (χ4n) is 2.70. The van der Waals surface area contributed by atoms with Crippen LogP contribution in [0.25, 0.3) is 0 Å². The molecule has 0 heterocycles. The van der Waals surface area contributed by atoms with Crippen molar-refractivity contribution in [1.82, 2.24) is 0 Å². The Bertz CT molecular complexity index is 519. The molecule has 1 aliphatic carbocycles. The lowest BCUT2D eigenvalue weighted by atomic mass is 9.88. The molecule has 0 radical (unpaired) electrons. The average Bonchev–Trinajstić information content (AvgIpc) is 2.54. The van der Waals surface area contributed by atoms with Gasteiger partial charge in [0.25, 0.3) is 0 Å². The summed E-state index contributed by atoms with van der Waals surface area (Å²) in [5.41, 5.74) is 1.14. The van der Waals surface area contributed by atoms with Crippen molar-refractivity contribution in [3.63, 3.8) is 0 Å². The molecule has 0 unspecified atom stereocenters. The van der Waals surface area contributed by atoms with Crippen LogP contribution in [0.1, 0.15) is 56.3 Å². The molecule has 2 rings (SSSR count). The van der Waals surface area contributed by atoms with Gasteiger partial charge in [0.1, 0.15) is 12.0 Å². The van der Waals surface area contributed by atoms with E-state index in [1.807, 2.05) is 0 Å². The molecular weight excluding hydrogens is 278 g/mol. The topological polar surface area (TPSA) is 55.4 Å². The van der Waals surface area contributed by atoms with Crippen LogP contribution in [-0.2, 0) is 4.79 Å². The van der Waals surface area contributed by atoms with Crippen molar-refractivity contribution in [2.24, 2.45) is 11.8 Å². The first-order chi connectivity index (χ1) is 10.6. The van der Waals surface area contributed by atoms with Crippen molar-refractivity contribution in [1.29, 1.82) is 0 Å². The summed E-state index contributed by atoms with van der Waals surface area (Å²) >= 11 is 0. The van der Waals surface area contributed by atoms with Crippen LogP contribution in [0.3, 0.4) is 0 Å². The van der Waals surface area contributed by atoms with E-state index in [4.69, 9.17) is 4.74 Å². The average molecular weight is 303 g/mol. The van der Waals surface area contributed by atoms with Crippen molar-refractivity contribution in [3.8, 4) is 5.75 Å². The Labute approximate surface area is 132 Å². The molecule has 0 bridgehead atoms. The SMILES string of the molecule is CC(C)COc1ccc(C=O)cc1NC(=O)C1CCCCC1. The van der Waals surface area contributed by atoms with Gasteiger partial charge in [0.05, 0.1) is 12.3 Å². The van der Waals surface area contributed by atoms with E-state index in [1.54, 1.807) is 18.2 Å². The summed E-state index contributed by atoms with van der Waals surface area (Å²) in [6.07, 6.45) is 6.12. The van der Waals surface area contributed by atoms with Gasteiger partial charge in [-0.25, -0.2) is 0 Å². The summed E-state index contributed by atoms with van der Waals surface area (Å²) in [4.78, 5) is 23.4. The number of benzene rings is 1. The first kappa shape index (κ1) is 16.5. The lowest BCUT2D eigenvalue weighted by Crippen LogP contribution is -2.25. The summed E-state index contributed by atoms with van der Waals surface area (Å²) in [7, 11) is 0. The van der Waals surface area contributed by atoms with Crippen LogP contribution in [-0.4, -0.2) is 18.8 Å². The van der Waals surface area contributed by atoms with Gasteiger partial charge in [0.2, 0.25) is 5.91 Å². The summed E-state index contributed by atoms with van der Waals surface area (Å²) in [5.74, 6) is 1.14. The number of anilines is 1. The van der Waals surface area contributed by atoms with Crippen LogP contribution in [0.15, 0.2) is 18.2 Å². The quantitative estimate of drug-likeness (QED) is 0.806. The van der Waals surface area contributed by atoms with Gasteiger partial charge >= 0.3 is 0 Å². The molecule has 120 valence electrons. The zero-order valence-electron chi connectivity index (χ0n) is 13.4. The molecule has 1 fully saturated rings. The van der Waals surface area contributed by atoms with E-state index in [2.05, 4.69) is 19.2 Å². The highest BCUT2D eigenvalue weighted by molar-refractivity contribution is 5.95. The number of ether oxygens (including phenoxy) is 1. The third-order valence-corrected chi connectivity index (χ3v) is 3.95. The molecule has 1 aromatic rings. The zero-order chi connectivity index (χ0) is 15.9. The van der Waals surface area contributed by atoms with Crippen LogP contribution in [0, 0.1) is 11.8 Å². The Morgan fingerprint density at radius 1 is 1.32 bits per heavy atom. The Hall–Kier alpha value is -1.84. The second-order valence-corrected chi connectivity index (χ2v) is 6.40. The normalized spacial score (nSPS) is 15.6. The van der Waals surface area contributed by atoms with E-state index in [1.165, 1.54) is 6.42 Å². The molecule has 0 aliphatic heterocycles. The van der Waals surface area contributed by atoms with Crippen molar-refractivity contribution in [2.45, 2.75) is 46.0 Å². The largest absolute Gasteiger partial charge is 0.491 e. The van der Waals surface area contributed by atoms with Crippen LogP contribution in [0.5, 0.6) is 5.75 Å². The maximum absolute atomic E-state index is 12.4. The lowest BCUT2D eigenvalue weighted by Gasteiger charge is -2.22. The van der Waals surface area contributed by atoms with Gasteiger partial charge in [0, 0.05) is 11.5 Å². The van der Waals surface area contributed by atoms with Crippen LogP contribution < -0.4 is 10.1 Å². The monoisotopic (exact) mass is 303 g/mol.